The summed E-state index contributed by atoms with van der Waals surface area (Å²) in [5.74, 6) is -0.273. The van der Waals surface area contributed by atoms with Crippen LogP contribution in [0.25, 0.3) is 11.3 Å². The van der Waals surface area contributed by atoms with Crippen molar-refractivity contribution in [3.63, 3.8) is 0 Å². The van der Waals surface area contributed by atoms with Gasteiger partial charge in [0.15, 0.2) is 0 Å². The summed E-state index contributed by atoms with van der Waals surface area (Å²) in [5.41, 5.74) is 7.97. The van der Waals surface area contributed by atoms with Crippen LogP contribution in [-0.2, 0) is 6.54 Å². The molecule has 1 aromatic carbocycles. The summed E-state index contributed by atoms with van der Waals surface area (Å²) in [5, 5.41) is 0.391. The average molecular weight is 237 g/mol. The number of benzene rings is 1. The lowest BCUT2D eigenvalue weighted by molar-refractivity contribution is 0.628. The number of nitrogens with two attached hydrogens (primary N) is 1. The van der Waals surface area contributed by atoms with Crippen molar-refractivity contribution < 1.29 is 4.39 Å². The molecule has 0 bridgehead atoms. The molecule has 0 fully saturated rings. The van der Waals surface area contributed by atoms with Crippen molar-refractivity contribution in [1.29, 1.82) is 0 Å². The van der Waals surface area contributed by atoms with Gasteiger partial charge in [0.2, 0.25) is 0 Å². The van der Waals surface area contributed by atoms with E-state index < -0.39 is 0 Å². The van der Waals surface area contributed by atoms with Gasteiger partial charge in [0.25, 0.3) is 0 Å². The summed E-state index contributed by atoms with van der Waals surface area (Å²) in [7, 11) is 0. The van der Waals surface area contributed by atoms with E-state index in [9.17, 15) is 4.39 Å². The molecule has 0 atom stereocenters. The first-order valence-electron chi connectivity index (χ1n) is 4.81. The Hall–Kier alpha value is -1.45. The zero-order chi connectivity index (χ0) is 11.5. The van der Waals surface area contributed by atoms with Gasteiger partial charge in [0.05, 0.1) is 5.69 Å². The fourth-order valence-corrected chi connectivity index (χ4v) is 1.67. The van der Waals surface area contributed by atoms with Crippen LogP contribution in [0.15, 0.2) is 36.4 Å². The monoisotopic (exact) mass is 236 g/mol. The molecule has 0 aliphatic heterocycles. The number of halogens is 2. The van der Waals surface area contributed by atoms with E-state index in [2.05, 4.69) is 4.98 Å². The largest absolute Gasteiger partial charge is 0.326 e. The van der Waals surface area contributed by atoms with Crippen molar-refractivity contribution >= 4 is 11.6 Å². The van der Waals surface area contributed by atoms with Crippen LogP contribution in [0.2, 0.25) is 5.15 Å². The van der Waals surface area contributed by atoms with E-state index in [1.807, 2.05) is 6.07 Å². The van der Waals surface area contributed by atoms with Crippen LogP contribution in [-0.4, -0.2) is 4.98 Å². The Labute approximate surface area is 97.9 Å². The zero-order valence-corrected chi connectivity index (χ0v) is 9.21. The Balaban J connectivity index is 2.47. The van der Waals surface area contributed by atoms with Crippen molar-refractivity contribution in [2.24, 2.45) is 5.73 Å². The SMILES string of the molecule is NCc1cc(Cl)nc(-c2ccc(F)cc2)c1. The van der Waals surface area contributed by atoms with Crippen LogP contribution in [0, 0.1) is 5.82 Å². The fraction of sp³-hybridized carbons (Fsp3) is 0.0833. The van der Waals surface area contributed by atoms with Gasteiger partial charge in [0, 0.05) is 12.1 Å². The van der Waals surface area contributed by atoms with Crippen molar-refractivity contribution in [3.05, 3.63) is 52.9 Å². The predicted molar refractivity (Wildman–Crippen MR) is 62.5 cm³/mol. The minimum Gasteiger partial charge on any atom is -0.326 e. The number of aromatic nitrogens is 1. The molecule has 82 valence electrons. The number of nitrogens with zero attached hydrogens (tertiary/aromatic N) is 1. The molecule has 0 aliphatic carbocycles. The number of hydrogen-bond acceptors (Lipinski definition) is 2. The van der Waals surface area contributed by atoms with Gasteiger partial charge < -0.3 is 5.73 Å². The van der Waals surface area contributed by atoms with Gasteiger partial charge in [-0.1, -0.05) is 11.6 Å². The third-order valence-electron chi connectivity index (χ3n) is 2.23. The van der Waals surface area contributed by atoms with Gasteiger partial charge in [-0.25, -0.2) is 9.37 Å². The van der Waals surface area contributed by atoms with Gasteiger partial charge in [-0.15, -0.1) is 0 Å². The van der Waals surface area contributed by atoms with Crippen LogP contribution in [0.3, 0.4) is 0 Å². The van der Waals surface area contributed by atoms with Crippen LogP contribution in [0.4, 0.5) is 4.39 Å². The Morgan fingerprint density at radius 2 is 1.88 bits per heavy atom. The molecule has 0 saturated carbocycles. The van der Waals surface area contributed by atoms with Gasteiger partial charge in [-0.2, -0.15) is 0 Å². The molecule has 2 N–H and O–H groups in total. The molecule has 0 amide bonds. The molecule has 1 heterocycles. The van der Waals surface area contributed by atoms with E-state index in [1.165, 1.54) is 12.1 Å². The quantitative estimate of drug-likeness (QED) is 0.815. The average Bonchev–Trinajstić information content (AvgIpc) is 2.29. The van der Waals surface area contributed by atoms with Gasteiger partial charge in [0.1, 0.15) is 11.0 Å². The van der Waals surface area contributed by atoms with Crippen molar-refractivity contribution in [2.75, 3.05) is 0 Å². The maximum absolute atomic E-state index is 12.8. The lowest BCUT2D eigenvalue weighted by Crippen LogP contribution is -1.97. The summed E-state index contributed by atoms with van der Waals surface area (Å²) >= 11 is 5.87. The Bertz CT molecular complexity index is 497. The number of rotatable bonds is 2. The third-order valence-corrected chi connectivity index (χ3v) is 2.42. The molecule has 16 heavy (non-hydrogen) atoms. The Morgan fingerprint density at radius 1 is 1.19 bits per heavy atom. The first kappa shape index (κ1) is 11.0. The maximum Gasteiger partial charge on any atom is 0.130 e. The van der Waals surface area contributed by atoms with E-state index >= 15 is 0 Å². The topological polar surface area (TPSA) is 38.9 Å². The van der Waals surface area contributed by atoms with Crippen LogP contribution < -0.4 is 5.73 Å². The molecule has 0 saturated heterocycles. The highest BCUT2D eigenvalue weighted by molar-refractivity contribution is 6.29. The first-order valence-corrected chi connectivity index (χ1v) is 5.19. The minimum atomic E-state index is -0.273. The molecule has 2 nitrogen and oxygen atoms in total. The number of hydrogen-bond donors (Lipinski definition) is 1. The molecule has 0 unspecified atom stereocenters. The highest BCUT2D eigenvalue weighted by Crippen LogP contribution is 2.21. The highest BCUT2D eigenvalue weighted by Gasteiger charge is 2.03. The van der Waals surface area contributed by atoms with Gasteiger partial charge in [-0.05, 0) is 42.0 Å². The van der Waals surface area contributed by atoms with Crippen molar-refractivity contribution in [1.82, 2.24) is 4.98 Å². The lowest BCUT2D eigenvalue weighted by atomic mass is 10.1. The first-order chi connectivity index (χ1) is 7.69. The summed E-state index contributed by atoms with van der Waals surface area (Å²) in [4.78, 5) is 4.17. The Morgan fingerprint density at radius 3 is 2.50 bits per heavy atom. The summed E-state index contributed by atoms with van der Waals surface area (Å²) in [6, 6.07) is 9.66. The van der Waals surface area contributed by atoms with Crippen LogP contribution in [0.5, 0.6) is 0 Å². The van der Waals surface area contributed by atoms with E-state index in [1.54, 1.807) is 18.2 Å². The summed E-state index contributed by atoms with van der Waals surface area (Å²) in [6.45, 7) is 0.399. The Kier molecular flexibility index (Phi) is 3.17. The molecule has 2 rings (SSSR count). The molecule has 0 radical (unpaired) electrons. The van der Waals surface area contributed by atoms with Crippen molar-refractivity contribution in [3.8, 4) is 11.3 Å². The lowest BCUT2D eigenvalue weighted by Gasteiger charge is -2.04. The summed E-state index contributed by atoms with van der Waals surface area (Å²) in [6.07, 6.45) is 0. The molecular weight excluding hydrogens is 227 g/mol. The van der Waals surface area contributed by atoms with Crippen LogP contribution >= 0.6 is 11.6 Å². The fourth-order valence-electron chi connectivity index (χ4n) is 1.44. The normalized spacial score (nSPS) is 10.4. The molecule has 0 aliphatic rings. The molecule has 2 aromatic rings. The van der Waals surface area contributed by atoms with E-state index in [-0.39, 0.29) is 5.82 Å². The highest BCUT2D eigenvalue weighted by atomic mass is 35.5. The van der Waals surface area contributed by atoms with E-state index in [4.69, 9.17) is 17.3 Å². The van der Waals surface area contributed by atoms with Crippen molar-refractivity contribution in [2.45, 2.75) is 6.54 Å². The second-order valence-electron chi connectivity index (χ2n) is 3.39. The number of pyridine rings is 1. The molecule has 0 spiro atoms. The minimum absolute atomic E-state index is 0.273. The zero-order valence-electron chi connectivity index (χ0n) is 8.45. The van der Waals surface area contributed by atoms with Gasteiger partial charge in [-0.3, -0.25) is 0 Å². The standard InChI is InChI=1S/C12H10ClFN2/c13-12-6-8(7-15)5-11(16-12)9-1-3-10(14)4-2-9/h1-6H,7,15H2. The molecular formula is C12H10ClFN2. The second kappa shape index (κ2) is 4.60. The van der Waals surface area contributed by atoms with E-state index in [0.717, 1.165) is 11.1 Å². The third kappa shape index (κ3) is 2.38. The van der Waals surface area contributed by atoms with Gasteiger partial charge >= 0.3 is 0 Å². The summed E-state index contributed by atoms with van der Waals surface area (Å²) < 4.78 is 12.8. The predicted octanol–water partition coefficient (Wildman–Crippen LogP) is 3.00. The molecule has 4 heteroatoms. The second-order valence-corrected chi connectivity index (χ2v) is 3.78. The maximum atomic E-state index is 12.8. The van der Waals surface area contributed by atoms with Crippen LogP contribution in [0.1, 0.15) is 5.56 Å². The van der Waals surface area contributed by atoms with E-state index in [0.29, 0.717) is 17.4 Å². The smallest absolute Gasteiger partial charge is 0.130 e. The molecule has 1 aromatic heterocycles.